The number of esters is 1. The molecule has 0 spiro atoms. The van der Waals surface area contributed by atoms with E-state index in [1.54, 1.807) is 6.07 Å². The Morgan fingerprint density at radius 3 is 2.80 bits per heavy atom. The molecule has 1 aromatic carbocycles. The van der Waals surface area contributed by atoms with Crippen LogP contribution in [0.4, 0.5) is 0 Å². The number of alkyl halides is 1. The standard InChI is InChI=1S/C10H8BrNO3/c1-15-10(14)7-3-2-6(4-11)8(5-12)9(7)13/h2-3,13H,4H2,1H3. The van der Waals surface area contributed by atoms with E-state index in [0.29, 0.717) is 10.9 Å². The van der Waals surface area contributed by atoms with E-state index >= 15 is 0 Å². The monoisotopic (exact) mass is 269 g/mol. The summed E-state index contributed by atoms with van der Waals surface area (Å²) < 4.78 is 4.47. The lowest BCUT2D eigenvalue weighted by Crippen LogP contribution is -2.03. The molecule has 1 rings (SSSR count). The van der Waals surface area contributed by atoms with Crippen molar-refractivity contribution in [3.63, 3.8) is 0 Å². The first-order chi connectivity index (χ1) is 7.15. The fraction of sp³-hybridized carbons (Fsp3) is 0.200. The fourth-order valence-corrected chi connectivity index (χ4v) is 1.61. The summed E-state index contributed by atoms with van der Waals surface area (Å²) in [5.41, 5.74) is 0.719. The lowest BCUT2D eigenvalue weighted by Gasteiger charge is -2.06. The van der Waals surface area contributed by atoms with Gasteiger partial charge in [-0.1, -0.05) is 22.0 Å². The Hall–Kier alpha value is -1.54. The molecular weight excluding hydrogens is 262 g/mol. The van der Waals surface area contributed by atoms with Gasteiger partial charge in [-0.15, -0.1) is 0 Å². The largest absolute Gasteiger partial charge is 0.506 e. The third kappa shape index (κ3) is 2.10. The van der Waals surface area contributed by atoms with Crippen molar-refractivity contribution in [1.29, 1.82) is 5.26 Å². The van der Waals surface area contributed by atoms with Crippen LogP contribution in [0.1, 0.15) is 21.5 Å². The molecule has 1 aromatic rings. The maximum Gasteiger partial charge on any atom is 0.341 e. The molecule has 4 nitrogen and oxygen atoms in total. The Morgan fingerprint density at radius 1 is 1.67 bits per heavy atom. The fourth-order valence-electron chi connectivity index (χ4n) is 1.14. The van der Waals surface area contributed by atoms with Gasteiger partial charge in [0.15, 0.2) is 0 Å². The average Bonchev–Trinajstić information content (AvgIpc) is 2.27. The zero-order chi connectivity index (χ0) is 11.4. The molecule has 0 heterocycles. The van der Waals surface area contributed by atoms with E-state index in [9.17, 15) is 9.90 Å². The van der Waals surface area contributed by atoms with E-state index in [4.69, 9.17) is 5.26 Å². The van der Waals surface area contributed by atoms with Crippen molar-refractivity contribution in [2.24, 2.45) is 0 Å². The topological polar surface area (TPSA) is 70.3 Å². The highest BCUT2D eigenvalue weighted by Crippen LogP contribution is 2.27. The molecule has 78 valence electrons. The molecule has 0 saturated heterocycles. The van der Waals surface area contributed by atoms with Gasteiger partial charge in [0, 0.05) is 5.33 Å². The number of nitriles is 1. The highest BCUT2D eigenvalue weighted by atomic mass is 79.9. The maximum atomic E-state index is 11.2. The summed E-state index contributed by atoms with van der Waals surface area (Å²) in [4.78, 5) is 11.2. The van der Waals surface area contributed by atoms with E-state index in [-0.39, 0.29) is 16.9 Å². The third-order valence-corrected chi connectivity index (χ3v) is 2.53. The van der Waals surface area contributed by atoms with Crippen LogP contribution in [0.3, 0.4) is 0 Å². The lowest BCUT2D eigenvalue weighted by atomic mass is 10.0. The highest BCUT2D eigenvalue weighted by Gasteiger charge is 2.17. The molecule has 0 amide bonds. The van der Waals surface area contributed by atoms with Crippen LogP contribution in [0.25, 0.3) is 0 Å². The summed E-state index contributed by atoms with van der Waals surface area (Å²) in [6, 6.07) is 4.87. The molecule has 5 heteroatoms. The molecule has 0 saturated carbocycles. The Bertz CT molecular complexity index is 437. The van der Waals surface area contributed by atoms with Crippen molar-refractivity contribution < 1.29 is 14.6 Å². The van der Waals surface area contributed by atoms with Crippen molar-refractivity contribution in [2.45, 2.75) is 5.33 Å². The van der Waals surface area contributed by atoms with Crippen LogP contribution < -0.4 is 0 Å². The van der Waals surface area contributed by atoms with Gasteiger partial charge in [-0.3, -0.25) is 0 Å². The second kappa shape index (κ2) is 4.80. The number of hydrogen-bond donors (Lipinski definition) is 1. The van der Waals surface area contributed by atoms with Crippen LogP contribution in [-0.4, -0.2) is 18.2 Å². The Labute approximate surface area is 95.2 Å². The van der Waals surface area contributed by atoms with Gasteiger partial charge in [0.2, 0.25) is 0 Å². The van der Waals surface area contributed by atoms with Gasteiger partial charge in [0.25, 0.3) is 0 Å². The first kappa shape index (κ1) is 11.5. The Kier molecular flexibility index (Phi) is 3.69. The second-order valence-electron chi connectivity index (χ2n) is 2.73. The van der Waals surface area contributed by atoms with Crippen molar-refractivity contribution in [3.05, 3.63) is 28.8 Å². The van der Waals surface area contributed by atoms with Crippen LogP contribution in [0.2, 0.25) is 0 Å². The molecule has 0 aliphatic rings. The minimum atomic E-state index is -0.662. The number of benzene rings is 1. The number of hydrogen-bond acceptors (Lipinski definition) is 4. The quantitative estimate of drug-likeness (QED) is 0.658. The number of methoxy groups -OCH3 is 1. The number of aromatic hydroxyl groups is 1. The van der Waals surface area contributed by atoms with Gasteiger partial charge in [-0.2, -0.15) is 5.26 Å². The minimum absolute atomic E-state index is 0.00116. The summed E-state index contributed by atoms with van der Waals surface area (Å²) in [7, 11) is 1.21. The summed E-state index contributed by atoms with van der Waals surface area (Å²) in [5, 5.41) is 18.9. The molecule has 0 aliphatic carbocycles. The van der Waals surface area contributed by atoms with Gasteiger partial charge in [0.1, 0.15) is 17.4 Å². The predicted octanol–water partition coefficient (Wildman–Crippen LogP) is 1.95. The molecule has 0 aromatic heterocycles. The SMILES string of the molecule is COC(=O)c1ccc(CBr)c(C#N)c1O. The number of carbonyl (C=O) groups is 1. The molecule has 0 aliphatic heterocycles. The highest BCUT2D eigenvalue weighted by molar-refractivity contribution is 9.08. The van der Waals surface area contributed by atoms with E-state index < -0.39 is 5.97 Å². The summed E-state index contributed by atoms with van der Waals surface area (Å²) in [6.07, 6.45) is 0. The molecular formula is C10H8BrNO3. The van der Waals surface area contributed by atoms with Crippen LogP contribution in [0, 0.1) is 11.3 Å². The summed E-state index contributed by atoms with van der Waals surface area (Å²) >= 11 is 3.18. The van der Waals surface area contributed by atoms with Gasteiger partial charge < -0.3 is 9.84 Å². The summed E-state index contributed by atoms with van der Waals surface area (Å²) in [5.74, 6) is -0.994. The molecule has 0 fully saturated rings. The zero-order valence-electron chi connectivity index (χ0n) is 7.95. The number of halogens is 1. The molecule has 0 radical (unpaired) electrons. The van der Waals surface area contributed by atoms with Gasteiger partial charge in [-0.25, -0.2) is 4.79 Å². The maximum absolute atomic E-state index is 11.2. The Morgan fingerprint density at radius 2 is 2.33 bits per heavy atom. The van der Waals surface area contributed by atoms with Crippen molar-refractivity contribution in [1.82, 2.24) is 0 Å². The molecule has 0 bridgehead atoms. The average molecular weight is 270 g/mol. The minimum Gasteiger partial charge on any atom is -0.506 e. The third-order valence-electron chi connectivity index (χ3n) is 1.93. The van der Waals surface area contributed by atoms with Gasteiger partial charge in [0.05, 0.1) is 12.7 Å². The lowest BCUT2D eigenvalue weighted by molar-refractivity contribution is 0.0597. The van der Waals surface area contributed by atoms with Crippen molar-refractivity contribution >= 4 is 21.9 Å². The normalized spacial score (nSPS) is 9.40. The first-order valence-corrected chi connectivity index (χ1v) is 5.17. The zero-order valence-corrected chi connectivity index (χ0v) is 9.54. The predicted molar refractivity (Wildman–Crippen MR) is 56.8 cm³/mol. The molecule has 1 N–H and O–H groups in total. The van der Waals surface area contributed by atoms with E-state index in [2.05, 4.69) is 20.7 Å². The van der Waals surface area contributed by atoms with E-state index in [1.807, 2.05) is 6.07 Å². The summed E-state index contributed by atoms with van der Waals surface area (Å²) in [6.45, 7) is 0. The van der Waals surface area contributed by atoms with Crippen LogP contribution in [0.15, 0.2) is 12.1 Å². The Balaban J connectivity index is 3.37. The second-order valence-corrected chi connectivity index (χ2v) is 3.29. The number of carbonyl (C=O) groups excluding carboxylic acids is 1. The number of phenolic OH excluding ortho intramolecular Hbond substituents is 1. The number of ether oxygens (including phenoxy) is 1. The van der Waals surface area contributed by atoms with E-state index in [0.717, 1.165) is 0 Å². The number of rotatable bonds is 2. The molecule has 15 heavy (non-hydrogen) atoms. The van der Waals surface area contributed by atoms with E-state index in [1.165, 1.54) is 13.2 Å². The van der Waals surface area contributed by atoms with Crippen LogP contribution in [0.5, 0.6) is 5.75 Å². The van der Waals surface area contributed by atoms with Crippen molar-refractivity contribution in [2.75, 3.05) is 7.11 Å². The van der Waals surface area contributed by atoms with Crippen LogP contribution in [-0.2, 0) is 10.1 Å². The van der Waals surface area contributed by atoms with Gasteiger partial charge >= 0.3 is 5.97 Å². The number of phenols is 1. The van der Waals surface area contributed by atoms with Gasteiger partial charge in [-0.05, 0) is 11.6 Å². The first-order valence-electron chi connectivity index (χ1n) is 4.05. The van der Waals surface area contributed by atoms with Crippen molar-refractivity contribution in [3.8, 4) is 11.8 Å². The molecule has 0 atom stereocenters. The number of nitrogens with zero attached hydrogens (tertiary/aromatic N) is 1. The smallest absolute Gasteiger partial charge is 0.341 e. The molecule has 0 unspecified atom stereocenters. The van der Waals surface area contributed by atoms with Crippen LogP contribution >= 0.6 is 15.9 Å².